The van der Waals surface area contributed by atoms with E-state index in [1.807, 2.05) is 0 Å². The maximum Gasteiger partial charge on any atom is 0.0364 e. The van der Waals surface area contributed by atoms with Crippen molar-refractivity contribution in [2.75, 3.05) is 24.2 Å². The third kappa shape index (κ3) is 3.45. The highest BCUT2D eigenvalue weighted by atomic mass is 32.1. The van der Waals surface area contributed by atoms with Gasteiger partial charge in [-0.3, -0.25) is 0 Å². The molecular formula is C13H21NS. The van der Waals surface area contributed by atoms with E-state index in [4.69, 9.17) is 0 Å². The number of nitrogens with zero attached hydrogens (tertiary/aromatic N) is 1. The van der Waals surface area contributed by atoms with Gasteiger partial charge in [-0.15, -0.1) is 0 Å². The summed E-state index contributed by atoms with van der Waals surface area (Å²) in [6.45, 7) is 5.49. The molecule has 2 heteroatoms. The molecular weight excluding hydrogens is 202 g/mol. The van der Waals surface area contributed by atoms with Crippen molar-refractivity contribution in [3.05, 3.63) is 29.8 Å². The van der Waals surface area contributed by atoms with Gasteiger partial charge in [-0.1, -0.05) is 26.0 Å². The summed E-state index contributed by atoms with van der Waals surface area (Å²) in [7, 11) is 2.11. The zero-order chi connectivity index (χ0) is 11.3. The van der Waals surface area contributed by atoms with E-state index >= 15 is 0 Å². The van der Waals surface area contributed by atoms with Gasteiger partial charge in [0.2, 0.25) is 0 Å². The zero-order valence-corrected chi connectivity index (χ0v) is 10.8. The Morgan fingerprint density at radius 1 is 1.27 bits per heavy atom. The summed E-state index contributed by atoms with van der Waals surface area (Å²) in [5.74, 6) is 1.55. The molecule has 0 saturated heterocycles. The monoisotopic (exact) mass is 223 g/mol. The number of benzene rings is 1. The van der Waals surface area contributed by atoms with Crippen LogP contribution >= 0.6 is 12.6 Å². The Hall–Kier alpha value is -0.630. The van der Waals surface area contributed by atoms with Crippen LogP contribution < -0.4 is 4.90 Å². The quantitative estimate of drug-likeness (QED) is 0.747. The zero-order valence-electron chi connectivity index (χ0n) is 9.90. The molecule has 0 fully saturated rings. The molecule has 1 unspecified atom stereocenters. The first-order chi connectivity index (χ1) is 7.19. The van der Waals surface area contributed by atoms with E-state index in [0.29, 0.717) is 5.92 Å². The Kier molecular flexibility index (Phi) is 5.03. The van der Waals surface area contributed by atoms with Crippen molar-refractivity contribution in [2.24, 2.45) is 0 Å². The summed E-state index contributed by atoms with van der Waals surface area (Å²) in [5.41, 5.74) is 2.71. The van der Waals surface area contributed by atoms with Gasteiger partial charge in [-0.05, 0) is 30.0 Å². The van der Waals surface area contributed by atoms with Crippen molar-refractivity contribution in [2.45, 2.75) is 26.2 Å². The van der Waals surface area contributed by atoms with Crippen molar-refractivity contribution in [3.63, 3.8) is 0 Å². The standard InChI is InChI=1S/C13H21NS/c1-4-11(2)12-5-7-13(8-6-12)14(3)9-10-15/h5-8,11,15H,4,9-10H2,1-3H3. The first kappa shape index (κ1) is 12.4. The van der Waals surface area contributed by atoms with Crippen LogP contribution in [0.4, 0.5) is 5.69 Å². The SMILES string of the molecule is CCC(C)c1ccc(N(C)CCS)cc1. The molecule has 84 valence electrons. The molecule has 15 heavy (non-hydrogen) atoms. The molecule has 0 aliphatic carbocycles. The molecule has 0 spiro atoms. The van der Waals surface area contributed by atoms with Crippen molar-refractivity contribution in [1.29, 1.82) is 0 Å². The average Bonchev–Trinajstić information content (AvgIpc) is 2.28. The lowest BCUT2D eigenvalue weighted by Gasteiger charge is -2.19. The van der Waals surface area contributed by atoms with Crippen LogP contribution in [0.25, 0.3) is 0 Å². The highest BCUT2D eigenvalue weighted by Gasteiger charge is 2.03. The summed E-state index contributed by atoms with van der Waals surface area (Å²) in [6, 6.07) is 8.87. The van der Waals surface area contributed by atoms with Gasteiger partial charge in [0.25, 0.3) is 0 Å². The lowest BCUT2D eigenvalue weighted by atomic mass is 9.98. The largest absolute Gasteiger partial charge is 0.374 e. The van der Waals surface area contributed by atoms with Gasteiger partial charge >= 0.3 is 0 Å². The van der Waals surface area contributed by atoms with E-state index in [-0.39, 0.29) is 0 Å². The molecule has 0 aromatic heterocycles. The first-order valence-corrected chi connectivity index (χ1v) is 6.24. The fourth-order valence-corrected chi connectivity index (χ4v) is 1.87. The summed E-state index contributed by atoms with van der Waals surface area (Å²) in [6.07, 6.45) is 1.20. The fourth-order valence-electron chi connectivity index (χ4n) is 1.57. The van der Waals surface area contributed by atoms with Crippen LogP contribution in [0.2, 0.25) is 0 Å². The van der Waals surface area contributed by atoms with Crippen molar-refractivity contribution in [1.82, 2.24) is 0 Å². The summed E-state index contributed by atoms with van der Waals surface area (Å²) in [4.78, 5) is 2.23. The van der Waals surface area contributed by atoms with Crippen LogP contribution in [0.15, 0.2) is 24.3 Å². The van der Waals surface area contributed by atoms with E-state index in [2.05, 4.69) is 62.7 Å². The second kappa shape index (κ2) is 6.06. The molecule has 0 aliphatic rings. The molecule has 1 atom stereocenters. The molecule has 0 amide bonds. The van der Waals surface area contributed by atoms with Gasteiger partial charge in [0.1, 0.15) is 0 Å². The van der Waals surface area contributed by atoms with Crippen LogP contribution in [-0.2, 0) is 0 Å². The molecule has 1 aromatic rings. The predicted octanol–water partition coefficient (Wildman–Crippen LogP) is 3.57. The molecule has 1 rings (SSSR count). The van der Waals surface area contributed by atoms with Crippen molar-refractivity contribution >= 4 is 18.3 Å². The maximum atomic E-state index is 4.24. The van der Waals surface area contributed by atoms with Gasteiger partial charge < -0.3 is 4.90 Å². The molecule has 1 aromatic carbocycles. The van der Waals surface area contributed by atoms with E-state index in [9.17, 15) is 0 Å². The molecule has 0 saturated carbocycles. The van der Waals surface area contributed by atoms with E-state index in [1.54, 1.807) is 0 Å². The summed E-state index contributed by atoms with van der Waals surface area (Å²) >= 11 is 4.24. The second-order valence-corrected chi connectivity index (χ2v) is 4.49. The molecule has 0 radical (unpaired) electrons. The predicted molar refractivity (Wildman–Crippen MR) is 72.3 cm³/mol. The highest BCUT2D eigenvalue weighted by molar-refractivity contribution is 7.80. The minimum atomic E-state index is 0.661. The lowest BCUT2D eigenvalue weighted by Crippen LogP contribution is -2.19. The third-order valence-electron chi connectivity index (χ3n) is 2.95. The van der Waals surface area contributed by atoms with E-state index < -0.39 is 0 Å². The van der Waals surface area contributed by atoms with Gasteiger partial charge in [0, 0.05) is 25.0 Å². The Morgan fingerprint density at radius 2 is 1.87 bits per heavy atom. The van der Waals surface area contributed by atoms with Crippen molar-refractivity contribution < 1.29 is 0 Å². The van der Waals surface area contributed by atoms with Gasteiger partial charge in [-0.25, -0.2) is 0 Å². The van der Waals surface area contributed by atoms with Crippen LogP contribution in [0, 0.1) is 0 Å². The second-order valence-electron chi connectivity index (χ2n) is 4.05. The third-order valence-corrected chi connectivity index (χ3v) is 3.15. The summed E-state index contributed by atoms with van der Waals surface area (Å²) in [5, 5.41) is 0. The van der Waals surface area contributed by atoms with E-state index in [0.717, 1.165) is 12.3 Å². The number of hydrogen-bond acceptors (Lipinski definition) is 2. The number of rotatable bonds is 5. The van der Waals surface area contributed by atoms with Gasteiger partial charge in [0.15, 0.2) is 0 Å². The fraction of sp³-hybridized carbons (Fsp3) is 0.538. The number of thiol groups is 1. The molecule has 0 N–H and O–H groups in total. The molecule has 0 bridgehead atoms. The Balaban J connectivity index is 2.71. The van der Waals surface area contributed by atoms with Crippen LogP contribution in [0.1, 0.15) is 31.7 Å². The van der Waals surface area contributed by atoms with Crippen LogP contribution in [-0.4, -0.2) is 19.3 Å². The highest BCUT2D eigenvalue weighted by Crippen LogP contribution is 2.21. The number of hydrogen-bond donors (Lipinski definition) is 1. The molecule has 0 aliphatic heterocycles. The Bertz CT molecular complexity index is 281. The van der Waals surface area contributed by atoms with Crippen molar-refractivity contribution in [3.8, 4) is 0 Å². The van der Waals surface area contributed by atoms with Crippen LogP contribution in [0.5, 0.6) is 0 Å². The van der Waals surface area contributed by atoms with Gasteiger partial charge in [-0.2, -0.15) is 12.6 Å². The molecule has 0 heterocycles. The average molecular weight is 223 g/mol. The minimum absolute atomic E-state index is 0.661. The smallest absolute Gasteiger partial charge is 0.0364 e. The first-order valence-electron chi connectivity index (χ1n) is 5.61. The van der Waals surface area contributed by atoms with E-state index in [1.165, 1.54) is 17.7 Å². The Morgan fingerprint density at radius 3 is 2.33 bits per heavy atom. The maximum absolute atomic E-state index is 4.24. The number of anilines is 1. The van der Waals surface area contributed by atoms with Gasteiger partial charge in [0.05, 0.1) is 0 Å². The lowest BCUT2D eigenvalue weighted by molar-refractivity contribution is 0.733. The Labute approximate surface area is 98.9 Å². The topological polar surface area (TPSA) is 3.24 Å². The summed E-state index contributed by atoms with van der Waals surface area (Å²) < 4.78 is 0. The normalized spacial score (nSPS) is 12.5. The minimum Gasteiger partial charge on any atom is -0.374 e. The molecule has 1 nitrogen and oxygen atoms in total. The van der Waals surface area contributed by atoms with Crippen LogP contribution in [0.3, 0.4) is 0 Å².